The first-order valence-electron chi connectivity index (χ1n) is 6.36. The fourth-order valence-corrected chi connectivity index (χ4v) is 2.12. The summed E-state index contributed by atoms with van der Waals surface area (Å²) in [6.45, 7) is 0.339. The summed E-state index contributed by atoms with van der Waals surface area (Å²) in [6, 6.07) is 11.6. The zero-order chi connectivity index (χ0) is 16.1. The number of benzene rings is 2. The maximum absolute atomic E-state index is 12.1. The number of nitro benzene ring substituents is 1. The molecule has 22 heavy (non-hydrogen) atoms. The van der Waals surface area contributed by atoms with Gasteiger partial charge >= 0.3 is 5.69 Å². The van der Waals surface area contributed by atoms with E-state index in [0.717, 1.165) is 10.0 Å². The lowest BCUT2D eigenvalue weighted by molar-refractivity contribution is -0.385. The molecule has 0 spiro atoms. The Morgan fingerprint density at radius 1 is 1.27 bits per heavy atom. The number of halogens is 1. The van der Waals surface area contributed by atoms with E-state index in [1.54, 1.807) is 0 Å². The third-order valence-electron chi connectivity index (χ3n) is 3.00. The van der Waals surface area contributed by atoms with Crippen LogP contribution in [-0.4, -0.2) is 17.9 Å². The number of rotatable bonds is 5. The fourth-order valence-electron chi connectivity index (χ4n) is 1.86. The second kappa shape index (κ2) is 7.04. The van der Waals surface area contributed by atoms with E-state index >= 15 is 0 Å². The Morgan fingerprint density at radius 3 is 2.55 bits per heavy atom. The van der Waals surface area contributed by atoms with Crippen LogP contribution in [0.5, 0.6) is 5.75 Å². The van der Waals surface area contributed by atoms with Crippen molar-refractivity contribution in [3.8, 4) is 5.75 Å². The van der Waals surface area contributed by atoms with Crippen LogP contribution in [0.4, 0.5) is 5.69 Å². The number of amides is 1. The molecule has 2 aromatic rings. The van der Waals surface area contributed by atoms with Crippen LogP contribution in [0, 0.1) is 10.1 Å². The number of hydrogen-bond acceptors (Lipinski definition) is 4. The van der Waals surface area contributed by atoms with Gasteiger partial charge in [0.2, 0.25) is 0 Å². The number of methoxy groups -OCH3 is 1. The Hall–Kier alpha value is -2.41. The fraction of sp³-hybridized carbons (Fsp3) is 0.133. The maximum atomic E-state index is 12.1. The highest BCUT2D eigenvalue weighted by atomic mass is 79.9. The normalized spacial score (nSPS) is 10.1. The minimum atomic E-state index is -0.579. The predicted octanol–water partition coefficient (Wildman–Crippen LogP) is 3.30. The van der Waals surface area contributed by atoms with Gasteiger partial charge in [-0.05, 0) is 29.8 Å². The molecule has 2 aromatic carbocycles. The van der Waals surface area contributed by atoms with Crippen molar-refractivity contribution in [3.63, 3.8) is 0 Å². The van der Waals surface area contributed by atoms with Crippen LogP contribution in [0.2, 0.25) is 0 Å². The molecule has 0 unspecified atom stereocenters. The van der Waals surface area contributed by atoms with Crippen molar-refractivity contribution in [2.24, 2.45) is 0 Å². The summed E-state index contributed by atoms with van der Waals surface area (Å²) >= 11 is 3.33. The molecule has 2 rings (SSSR count). The minimum Gasteiger partial charge on any atom is -0.490 e. The van der Waals surface area contributed by atoms with Crippen molar-refractivity contribution in [3.05, 3.63) is 68.2 Å². The molecule has 7 heteroatoms. The van der Waals surface area contributed by atoms with E-state index in [0.29, 0.717) is 6.54 Å². The molecule has 0 aliphatic heterocycles. The molecule has 1 N–H and O–H groups in total. The van der Waals surface area contributed by atoms with Crippen molar-refractivity contribution in [1.82, 2.24) is 5.32 Å². The second-order valence-corrected chi connectivity index (χ2v) is 5.37. The standard InChI is InChI=1S/C15H13BrN2O4/c1-22-14-7-4-11(8-13(14)18(20)21)15(19)17-9-10-2-5-12(16)6-3-10/h2-8H,9H2,1H3,(H,17,19). The number of carbonyl (C=O) groups is 1. The van der Waals surface area contributed by atoms with Gasteiger partial charge in [-0.3, -0.25) is 14.9 Å². The molecule has 0 saturated heterocycles. The summed E-state index contributed by atoms with van der Waals surface area (Å²) < 4.78 is 5.86. The van der Waals surface area contributed by atoms with Gasteiger partial charge < -0.3 is 10.1 Å². The molecule has 0 bridgehead atoms. The number of nitro groups is 1. The van der Waals surface area contributed by atoms with E-state index in [1.807, 2.05) is 24.3 Å². The molecular formula is C15H13BrN2O4. The first kappa shape index (κ1) is 16.0. The van der Waals surface area contributed by atoms with Crippen molar-refractivity contribution in [2.75, 3.05) is 7.11 Å². The Labute approximate surface area is 135 Å². The van der Waals surface area contributed by atoms with Gasteiger partial charge in [-0.1, -0.05) is 28.1 Å². The number of carbonyl (C=O) groups excluding carboxylic acids is 1. The lowest BCUT2D eigenvalue weighted by Gasteiger charge is -2.07. The average molecular weight is 365 g/mol. The number of hydrogen-bond donors (Lipinski definition) is 1. The van der Waals surface area contributed by atoms with Crippen molar-refractivity contribution in [1.29, 1.82) is 0 Å². The molecule has 1 amide bonds. The first-order chi connectivity index (χ1) is 10.5. The van der Waals surface area contributed by atoms with E-state index in [9.17, 15) is 14.9 Å². The Bertz CT molecular complexity index is 701. The van der Waals surface area contributed by atoms with Crippen molar-refractivity contribution >= 4 is 27.5 Å². The SMILES string of the molecule is COc1ccc(C(=O)NCc2ccc(Br)cc2)cc1[N+](=O)[O-]. The highest BCUT2D eigenvalue weighted by Gasteiger charge is 2.17. The largest absolute Gasteiger partial charge is 0.490 e. The molecule has 114 valence electrons. The van der Waals surface area contributed by atoms with E-state index in [-0.39, 0.29) is 22.9 Å². The smallest absolute Gasteiger partial charge is 0.311 e. The monoisotopic (exact) mass is 364 g/mol. The van der Waals surface area contributed by atoms with Gasteiger partial charge in [0, 0.05) is 22.6 Å². The number of ether oxygens (including phenoxy) is 1. The van der Waals surface area contributed by atoms with Gasteiger partial charge in [0.25, 0.3) is 5.91 Å². The molecule has 0 aliphatic carbocycles. The van der Waals surface area contributed by atoms with Gasteiger partial charge in [-0.2, -0.15) is 0 Å². The summed E-state index contributed by atoms with van der Waals surface area (Å²) in [4.78, 5) is 22.5. The molecule has 0 fully saturated rings. The van der Waals surface area contributed by atoms with Crippen LogP contribution >= 0.6 is 15.9 Å². The van der Waals surface area contributed by atoms with Gasteiger partial charge in [0.05, 0.1) is 12.0 Å². The Balaban J connectivity index is 2.10. The summed E-state index contributed by atoms with van der Waals surface area (Å²) in [5.41, 5.74) is 0.906. The lowest BCUT2D eigenvalue weighted by Crippen LogP contribution is -2.22. The highest BCUT2D eigenvalue weighted by molar-refractivity contribution is 9.10. The van der Waals surface area contributed by atoms with Crippen LogP contribution in [-0.2, 0) is 6.54 Å². The maximum Gasteiger partial charge on any atom is 0.311 e. The zero-order valence-corrected chi connectivity index (χ0v) is 13.3. The van der Waals surface area contributed by atoms with Crippen LogP contribution < -0.4 is 10.1 Å². The summed E-state index contributed by atoms with van der Waals surface area (Å²) in [6.07, 6.45) is 0. The summed E-state index contributed by atoms with van der Waals surface area (Å²) in [7, 11) is 1.34. The van der Waals surface area contributed by atoms with Crippen LogP contribution in [0.25, 0.3) is 0 Å². The van der Waals surface area contributed by atoms with E-state index in [4.69, 9.17) is 4.74 Å². The van der Waals surface area contributed by atoms with Crippen LogP contribution in [0.3, 0.4) is 0 Å². The topological polar surface area (TPSA) is 81.5 Å². The zero-order valence-electron chi connectivity index (χ0n) is 11.7. The molecule has 6 nitrogen and oxygen atoms in total. The third kappa shape index (κ3) is 3.82. The number of nitrogens with one attached hydrogen (secondary N) is 1. The molecule has 0 radical (unpaired) electrons. The van der Waals surface area contributed by atoms with Crippen LogP contribution in [0.1, 0.15) is 15.9 Å². The minimum absolute atomic E-state index is 0.120. The van der Waals surface area contributed by atoms with E-state index in [2.05, 4.69) is 21.2 Å². The molecule has 0 aromatic heterocycles. The third-order valence-corrected chi connectivity index (χ3v) is 3.53. The number of nitrogens with zero attached hydrogens (tertiary/aromatic N) is 1. The summed E-state index contributed by atoms with van der Waals surface area (Å²) in [5.74, 6) is -0.261. The van der Waals surface area contributed by atoms with Gasteiger partial charge in [0.15, 0.2) is 5.75 Å². The Kier molecular flexibility index (Phi) is 5.11. The van der Waals surface area contributed by atoms with Gasteiger partial charge in [-0.15, -0.1) is 0 Å². The molecule has 0 atom stereocenters. The average Bonchev–Trinajstić information content (AvgIpc) is 2.53. The molecule has 0 aliphatic rings. The second-order valence-electron chi connectivity index (χ2n) is 4.45. The quantitative estimate of drug-likeness (QED) is 0.651. The predicted molar refractivity (Wildman–Crippen MR) is 85.0 cm³/mol. The van der Waals surface area contributed by atoms with E-state index < -0.39 is 4.92 Å². The van der Waals surface area contributed by atoms with Gasteiger partial charge in [-0.25, -0.2) is 0 Å². The first-order valence-corrected chi connectivity index (χ1v) is 7.15. The lowest BCUT2D eigenvalue weighted by atomic mass is 10.1. The molecule has 0 saturated carbocycles. The Morgan fingerprint density at radius 2 is 1.95 bits per heavy atom. The highest BCUT2D eigenvalue weighted by Crippen LogP contribution is 2.27. The van der Waals surface area contributed by atoms with Crippen molar-refractivity contribution < 1.29 is 14.5 Å². The van der Waals surface area contributed by atoms with Gasteiger partial charge in [0.1, 0.15) is 0 Å². The van der Waals surface area contributed by atoms with E-state index in [1.165, 1.54) is 25.3 Å². The van der Waals surface area contributed by atoms with Crippen molar-refractivity contribution in [2.45, 2.75) is 6.54 Å². The molecular weight excluding hydrogens is 352 g/mol. The molecule has 0 heterocycles. The summed E-state index contributed by atoms with van der Waals surface area (Å²) in [5, 5.41) is 13.7. The van der Waals surface area contributed by atoms with Crippen LogP contribution in [0.15, 0.2) is 46.9 Å².